The van der Waals surface area contributed by atoms with Crippen LogP contribution in [0.1, 0.15) is 30.1 Å². The second-order valence-corrected chi connectivity index (χ2v) is 7.00. The maximum absolute atomic E-state index is 13.1. The third-order valence-corrected chi connectivity index (χ3v) is 5.41. The molecule has 2 saturated heterocycles. The first-order valence-electron chi connectivity index (χ1n) is 9.24. The first-order valence-corrected chi connectivity index (χ1v) is 9.24. The minimum Gasteiger partial charge on any atom is -0.378 e. The molecule has 5 heteroatoms. The molecule has 2 atom stereocenters. The van der Waals surface area contributed by atoms with Crippen molar-refractivity contribution in [1.29, 1.82) is 0 Å². The Bertz CT molecular complexity index is 756. The topological polar surface area (TPSA) is 45.7 Å². The summed E-state index contributed by atoms with van der Waals surface area (Å²) in [6.45, 7) is 6.24. The van der Waals surface area contributed by atoms with Gasteiger partial charge in [-0.1, -0.05) is 31.5 Å². The molecule has 0 bridgehead atoms. The van der Waals surface area contributed by atoms with Crippen LogP contribution in [0.5, 0.6) is 0 Å². The van der Waals surface area contributed by atoms with Crippen molar-refractivity contribution < 1.29 is 9.53 Å². The molecule has 1 aromatic carbocycles. The number of rotatable bonds is 3. The number of para-hydroxylation sites is 1. The lowest BCUT2D eigenvalue weighted by molar-refractivity contribution is -0.0776. The number of amides is 1. The zero-order chi connectivity index (χ0) is 17.2. The van der Waals surface area contributed by atoms with Gasteiger partial charge in [-0.25, -0.2) is 0 Å². The number of hydrogen-bond acceptors (Lipinski definition) is 4. The molecule has 25 heavy (non-hydrogen) atoms. The van der Waals surface area contributed by atoms with Crippen LogP contribution in [0.3, 0.4) is 0 Å². The zero-order valence-electron chi connectivity index (χ0n) is 14.7. The summed E-state index contributed by atoms with van der Waals surface area (Å²) in [6.07, 6.45) is 4.06. The fourth-order valence-corrected chi connectivity index (χ4v) is 4.15. The molecule has 132 valence electrons. The minimum atomic E-state index is 0.107. The van der Waals surface area contributed by atoms with E-state index in [1.54, 1.807) is 6.20 Å². The van der Waals surface area contributed by atoms with Crippen molar-refractivity contribution >= 4 is 16.8 Å². The Hall–Kier alpha value is -1.98. The Balaban J connectivity index is 1.54. The number of fused-ring (bicyclic) bond motifs is 2. The molecule has 2 aliphatic rings. The zero-order valence-corrected chi connectivity index (χ0v) is 14.7. The third kappa shape index (κ3) is 3.14. The van der Waals surface area contributed by atoms with E-state index in [-0.39, 0.29) is 5.91 Å². The monoisotopic (exact) mass is 339 g/mol. The number of aromatic nitrogens is 1. The lowest BCUT2D eigenvalue weighted by Crippen LogP contribution is -2.62. The average Bonchev–Trinajstić information content (AvgIpc) is 2.67. The van der Waals surface area contributed by atoms with E-state index >= 15 is 0 Å². The molecule has 2 aliphatic heterocycles. The molecule has 0 aliphatic carbocycles. The lowest BCUT2D eigenvalue weighted by atomic mass is 10.0. The largest absolute Gasteiger partial charge is 0.378 e. The number of morpholine rings is 1. The van der Waals surface area contributed by atoms with Gasteiger partial charge in [-0.2, -0.15) is 0 Å². The predicted octanol–water partition coefficient (Wildman–Crippen LogP) is 2.56. The van der Waals surface area contributed by atoms with Crippen LogP contribution in [0, 0.1) is 0 Å². The lowest BCUT2D eigenvalue weighted by Gasteiger charge is -2.48. The Morgan fingerprint density at radius 1 is 1.24 bits per heavy atom. The van der Waals surface area contributed by atoms with Gasteiger partial charge in [-0.05, 0) is 18.6 Å². The van der Waals surface area contributed by atoms with Gasteiger partial charge in [0.2, 0.25) is 0 Å². The van der Waals surface area contributed by atoms with E-state index in [1.807, 2.05) is 35.2 Å². The molecule has 5 nitrogen and oxygen atoms in total. The van der Waals surface area contributed by atoms with E-state index in [9.17, 15) is 4.79 Å². The fourth-order valence-electron chi connectivity index (χ4n) is 4.15. The van der Waals surface area contributed by atoms with Gasteiger partial charge >= 0.3 is 0 Å². The molecule has 0 spiro atoms. The van der Waals surface area contributed by atoms with E-state index < -0.39 is 0 Å². The highest BCUT2D eigenvalue weighted by Crippen LogP contribution is 2.24. The van der Waals surface area contributed by atoms with Gasteiger partial charge in [0.1, 0.15) is 0 Å². The van der Waals surface area contributed by atoms with Crippen molar-refractivity contribution in [1.82, 2.24) is 14.8 Å². The second-order valence-electron chi connectivity index (χ2n) is 7.00. The molecule has 2 aromatic rings. The van der Waals surface area contributed by atoms with Crippen LogP contribution in [-0.2, 0) is 4.74 Å². The van der Waals surface area contributed by atoms with Crippen molar-refractivity contribution in [2.75, 3.05) is 32.8 Å². The van der Waals surface area contributed by atoms with Crippen LogP contribution < -0.4 is 0 Å². The van der Waals surface area contributed by atoms with E-state index in [2.05, 4.69) is 16.8 Å². The van der Waals surface area contributed by atoms with Crippen LogP contribution >= 0.6 is 0 Å². The third-order valence-electron chi connectivity index (χ3n) is 5.41. The number of nitrogens with zero attached hydrogens (tertiary/aromatic N) is 3. The van der Waals surface area contributed by atoms with Crippen LogP contribution in [0.4, 0.5) is 0 Å². The van der Waals surface area contributed by atoms with Crippen molar-refractivity contribution in [3.05, 3.63) is 42.1 Å². The molecular weight excluding hydrogens is 314 g/mol. The van der Waals surface area contributed by atoms with Gasteiger partial charge in [-0.15, -0.1) is 0 Å². The highest BCUT2D eigenvalue weighted by molar-refractivity contribution is 6.06. The number of carbonyl (C=O) groups is 1. The molecule has 0 saturated carbocycles. The SMILES string of the molecule is CCCC1COCC2CN(C(=O)c3ccnc4ccccc34)CCN12. The summed E-state index contributed by atoms with van der Waals surface area (Å²) in [5.74, 6) is 0.107. The quantitative estimate of drug-likeness (QED) is 0.862. The molecule has 1 amide bonds. The van der Waals surface area contributed by atoms with E-state index in [0.717, 1.165) is 49.3 Å². The highest BCUT2D eigenvalue weighted by Gasteiger charge is 2.36. The van der Waals surface area contributed by atoms with Gasteiger partial charge < -0.3 is 9.64 Å². The first-order chi connectivity index (χ1) is 12.3. The van der Waals surface area contributed by atoms with Crippen LogP contribution in [0.2, 0.25) is 0 Å². The van der Waals surface area contributed by atoms with Crippen LogP contribution in [-0.4, -0.2) is 65.6 Å². The smallest absolute Gasteiger partial charge is 0.254 e. The molecule has 0 N–H and O–H groups in total. The summed E-state index contributed by atoms with van der Waals surface area (Å²) in [4.78, 5) is 22.0. The van der Waals surface area contributed by atoms with Crippen molar-refractivity contribution in [2.45, 2.75) is 31.8 Å². The van der Waals surface area contributed by atoms with Crippen LogP contribution in [0.15, 0.2) is 36.5 Å². The van der Waals surface area contributed by atoms with Crippen molar-refractivity contribution in [3.8, 4) is 0 Å². The standard InChI is InChI=1S/C20H25N3O2/c1-2-5-15-13-25-14-16-12-22(10-11-23(15)16)20(24)18-8-9-21-19-7-4-3-6-17(18)19/h3-4,6-9,15-16H,2,5,10-14H2,1H3. The van der Waals surface area contributed by atoms with Crippen LogP contribution in [0.25, 0.3) is 10.9 Å². The average molecular weight is 339 g/mol. The summed E-state index contributed by atoms with van der Waals surface area (Å²) in [5, 5.41) is 0.932. The number of carbonyl (C=O) groups excluding carboxylic acids is 1. The Morgan fingerprint density at radius 2 is 2.12 bits per heavy atom. The Labute approximate surface area is 148 Å². The highest BCUT2D eigenvalue weighted by atomic mass is 16.5. The van der Waals surface area contributed by atoms with Crippen molar-refractivity contribution in [3.63, 3.8) is 0 Å². The van der Waals surface area contributed by atoms with E-state index in [1.165, 1.54) is 12.8 Å². The number of hydrogen-bond donors (Lipinski definition) is 0. The number of piperazine rings is 1. The number of ether oxygens (including phenoxy) is 1. The summed E-state index contributed by atoms with van der Waals surface area (Å²) >= 11 is 0. The van der Waals surface area contributed by atoms with Gasteiger partial charge in [0.15, 0.2) is 0 Å². The van der Waals surface area contributed by atoms with E-state index in [0.29, 0.717) is 12.1 Å². The summed E-state index contributed by atoms with van der Waals surface area (Å²) < 4.78 is 5.82. The van der Waals surface area contributed by atoms with Crippen molar-refractivity contribution in [2.24, 2.45) is 0 Å². The van der Waals surface area contributed by atoms with Gasteiger partial charge in [0, 0.05) is 37.3 Å². The fraction of sp³-hybridized carbons (Fsp3) is 0.500. The molecule has 4 rings (SSSR count). The first kappa shape index (κ1) is 16.5. The summed E-state index contributed by atoms with van der Waals surface area (Å²) in [6, 6.07) is 10.5. The van der Waals surface area contributed by atoms with Gasteiger partial charge in [0.25, 0.3) is 5.91 Å². The Morgan fingerprint density at radius 3 is 3.00 bits per heavy atom. The normalized spacial score (nSPS) is 24.3. The molecular formula is C20H25N3O2. The number of pyridine rings is 1. The molecule has 1 aromatic heterocycles. The van der Waals surface area contributed by atoms with E-state index in [4.69, 9.17) is 4.74 Å². The summed E-state index contributed by atoms with van der Waals surface area (Å²) in [7, 11) is 0. The number of benzene rings is 1. The molecule has 2 unspecified atom stereocenters. The maximum Gasteiger partial charge on any atom is 0.254 e. The molecule has 0 radical (unpaired) electrons. The minimum absolute atomic E-state index is 0.107. The molecule has 3 heterocycles. The predicted molar refractivity (Wildman–Crippen MR) is 97.7 cm³/mol. The summed E-state index contributed by atoms with van der Waals surface area (Å²) in [5.41, 5.74) is 1.62. The Kier molecular flexibility index (Phi) is 4.68. The van der Waals surface area contributed by atoms with Gasteiger partial charge in [-0.3, -0.25) is 14.7 Å². The maximum atomic E-state index is 13.1. The molecule has 2 fully saturated rings. The second kappa shape index (κ2) is 7.10. The van der Waals surface area contributed by atoms with Gasteiger partial charge in [0.05, 0.1) is 30.3 Å².